The molecule has 0 aliphatic carbocycles. The van der Waals surface area contributed by atoms with Crippen molar-refractivity contribution in [2.75, 3.05) is 4.72 Å². The molecule has 0 aliphatic heterocycles. The number of pyridine rings is 1. The number of nitrogens with one attached hydrogen (secondary N) is 1. The van der Waals surface area contributed by atoms with Crippen molar-refractivity contribution < 1.29 is 17.6 Å². The molecule has 0 saturated carbocycles. The second-order valence-electron chi connectivity index (χ2n) is 3.68. The zero-order valence-electron chi connectivity index (χ0n) is 9.58. The first kappa shape index (κ1) is 13.2. The van der Waals surface area contributed by atoms with Crippen LogP contribution in [-0.4, -0.2) is 19.7 Å². The molecule has 98 valence electrons. The summed E-state index contributed by atoms with van der Waals surface area (Å²) in [6, 6.07) is 6.36. The number of benzene rings is 1. The molecule has 2 rings (SSSR count). The summed E-state index contributed by atoms with van der Waals surface area (Å²) in [6.45, 7) is 0. The number of aldehydes is 1. The van der Waals surface area contributed by atoms with Gasteiger partial charge in [0.15, 0.2) is 0 Å². The number of aromatic nitrogens is 1. The van der Waals surface area contributed by atoms with E-state index >= 15 is 0 Å². The number of carbonyl (C=O) groups is 1. The highest BCUT2D eigenvalue weighted by molar-refractivity contribution is 7.92. The van der Waals surface area contributed by atoms with Crippen LogP contribution in [0.5, 0.6) is 0 Å². The van der Waals surface area contributed by atoms with Crippen LogP contribution in [0.3, 0.4) is 0 Å². The van der Waals surface area contributed by atoms with Crippen LogP contribution in [-0.2, 0) is 10.0 Å². The van der Waals surface area contributed by atoms with Gasteiger partial charge < -0.3 is 0 Å². The lowest BCUT2D eigenvalue weighted by atomic mass is 10.2. The van der Waals surface area contributed by atoms with Gasteiger partial charge in [-0.3, -0.25) is 14.5 Å². The Morgan fingerprint density at radius 2 is 1.84 bits per heavy atom. The summed E-state index contributed by atoms with van der Waals surface area (Å²) in [4.78, 5) is 14.0. The van der Waals surface area contributed by atoms with Crippen LogP contribution in [0.25, 0.3) is 0 Å². The Kier molecular flexibility index (Phi) is 3.57. The van der Waals surface area contributed by atoms with Gasteiger partial charge in [0.2, 0.25) is 0 Å². The fraction of sp³-hybridized carbons (Fsp3) is 0. The second-order valence-corrected chi connectivity index (χ2v) is 5.37. The van der Waals surface area contributed by atoms with Crippen LogP contribution < -0.4 is 4.72 Å². The Bertz CT molecular complexity index is 699. The molecule has 1 aromatic carbocycles. The van der Waals surface area contributed by atoms with Crippen molar-refractivity contribution in [1.29, 1.82) is 0 Å². The van der Waals surface area contributed by atoms with Crippen molar-refractivity contribution in [3.05, 3.63) is 54.1 Å². The number of nitrogens with zero attached hydrogens (tertiary/aromatic N) is 1. The molecule has 0 saturated heterocycles. The minimum atomic E-state index is -3.83. The lowest BCUT2D eigenvalue weighted by Gasteiger charge is -2.07. The van der Waals surface area contributed by atoms with Gasteiger partial charge in [-0.2, -0.15) is 0 Å². The molecule has 5 nitrogen and oxygen atoms in total. The molecule has 1 heterocycles. The third-order valence-electron chi connectivity index (χ3n) is 2.28. The van der Waals surface area contributed by atoms with E-state index < -0.39 is 15.8 Å². The largest absolute Gasteiger partial charge is 0.298 e. The summed E-state index contributed by atoms with van der Waals surface area (Å²) in [6.07, 6.45) is 2.78. The normalized spacial score (nSPS) is 11.0. The highest BCUT2D eigenvalue weighted by Gasteiger charge is 2.14. The van der Waals surface area contributed by atoms with Crippen molar-refractivity contribution in [2.45, 2.75) is 4.90 Å². The van der Waals surface area contributed by atoms with E-state index in [9.17, 15) is 17.6 Å². The second kappa shape index (κ2) is 5.15. The van der Waals surface area contributed by atoms with Crippen molar-refractivity contribution in [3.63, 3.8) is 0 Å². The third kappa shape index (κ3) is 3.14. The minimum Gasteiger partial charge on any atom is -0.298 e. The van der Waals surface area contributed by atoms with Crippen LogP contribution >= 0.6 is 0 Å². The average molecular weight is 280 g/mol. The van der Waals surface area contributed by atoms with E-state index in [0.717, 1.165) is 12.3 Å². The van der Waals surface area contributed by atoms with E-state index in [2.05, 4.69) is 9.71 Å². The summed E-state index contributed by atoms with van der Waals surface area (Å²) in [5, 5.41) is 0. The summed E-state index contributed by atoms with van der Waals surface area (Å²) in [7, 11) is -3.83. The molecule has 0 unspecified atom stereocenters. The van der Waals surface area contributed by atoms with Gasteiger partial charge in [0, 0.05) is 11.6 Å². The zero-order chi connectivity index (χ0) is 13.9. The molecule has 0 spiro atoms. The molecular weight excluding hydrogens is 271 g/mol. The van der Waals surface area contributed by atoms with E-state index in [-0.39, 0.29) is 10.6 Å². The van der Waals surface area contributed by atoms with Crippen LogP contribution in [0.2, 0.25) is 0 Å². The first-order valence-corrected chi connectivity index (χ1v) is 6.68. The molecular formula is C12H9FN2O3S. The molecule has 1 N–H and O–H groups in total. The van der Waals surface area contributed by atoms with Gasteiger partial charge >= 0.3 is 0 Å². The summed E-state index contributed by atoms with van der Waals surface area (Å²) in [5.41, 5.74) is 0.394. The van der Waals surface area contributed by atoms with Gasteiger partial charge in [0.25, 0.3) is 10.0 Å². The fourth-order valence-electron chi connectivity index (χ4n) is 1.41. The molecule has 0 atom stereocenters. The van der Waals surface area contributed by atoms with Crippen LogP contribution in [0.4, 0.5) is 10.1 Å². The van der Waals surface area contributed by atoms with E-state index in [4.69, 9.17) is 0 Å². The zero-order valence-corrected chi connectivity index (χ0v) is 10.4. The molecule has 7 heteroatoms. The van der Waals surface area contributed by atoms with Gasteiger partial charge in [-0.1, -0.05) is 12.1 Å². The number of carbonyl (C=O) groups excluding carboxylic acids is 1. The molecule has 0 amide bonds. The maximum atomic E-state index is 12.9. The predicted octanol–water partition coefficient (Wildman–Crippen LogP) is 1.83. The van der Waals surface area contributed by atoms with Crippen molar-refractivity contribution in [3.8, 4) is 0 Å². The smallest absolute Gasteiger partial charge is 0.261 e. The standard InChI is InChI=1S/C12H9FN2O3S/c13-10-5-11(7-14-6-10)15-19(17,18)12-3-1-9(8-16)2-4-12/h1-8,15H. The van der Waals surface area contributed by atoms with Gasteiger partial charge in [0.05, 0.1) is 23.0 Å². The number of hydrogen-bond donors (Lipinski definition) is 1. The summed E-state index contributed by atoms with van der Waals surface area (Å²) >= 11 is 0. The Balaban J connectivity index is 2.29. The van der Waals surface area contributed by atoms with Crippen molar-refractivity contribution in [2.24, 2.45) is 0 Å². The molecule has 0 bridgehead atoms. The van der Waals surface area contributed by atoms with E-state index in [0.29, 0.717) is 11.8 Å². The highest BCUT2D eigenvalue weighted by Crippen LogP contribution is 2.16. The Morgan fingerprint density at radius 1 is 1.16 bits per heavy atom. The molecule has 1 aromatic heterocycles. The molecule has 2 aromatic rings. The number of rotatable bonds is 4. The monoisotopic (exact) mass is 280 g/mol. The summed E-state index contributed by atoms with van der Waals surface area (Å²) < 4.78 is 39.0. The Hall–Kier alpha value is -2.28. The van der Waals surface area contributed by atoms with Crippen molar-refractivity contribution in [1.82, 2.24) is 4.98 Å². The highest BCUT2D eigenvalue weighted by atomic mass is 32.2. The molecule has 0 radical (unpaired) electrons. The van der Waals surface area contributed by atoms with Crippen molar-refractivity contribution >= 4 is 22.0 Å². The van der Waals surface area contributed by atoms with Gasteiger partial charge in [-0.15, -0.1) is 0 Å². The van der Waals surface area contributed by atoms with Crippen LogP contribution in [0.1, 0.15) is 10.4 Å². The Labute approximate surface area is 109 Å². The number of hydrogen-bond acceptors (Lipinski definition) is 4. The quantitative estimate of drug-likeness (QED) is 0.867. The lowest BCUT2D eigenvalue weighted by molar-refractivity contribution is 0.112. The van der Waals surface area contributed by atoms with Gasteiger partial charge in [0.1, 0.15) is 12.1 Å². The topological polar surface area (TPSA) is 76.1 Å². The molecule has 19 heavy (non-hydrogen) atoms. The van der Waals surface area contributed by atoms with Gasteiger partial charge in [-0.25, -0.2) is 12.8 Å². The number of anilines is 1. The minimum absolute atomic E-state index is 0.0256. The first-order chi connectivity index (χ1) is 9.01. The maximum absolute atomic E-state index is 12.9. The predicted molar refractivity (Wildman–Crippen MR) is 66.8 cm³/mol. The number of sulfonamides is 1. The first-order valence-electron chi connectivity index (χ1n) is 5.20. The molecule has 0 aliphatic rings. The Morgan fingerprint density at radius 3 is 2.42 bits per heavy atom. The maximum Gasteiger partial charge on any atom is 0.261 e. The number of halogens is 1. The fourth-order valence-corrected chi connectivity index (χ4v) is 2.44. The lowest BCUT2D eigenvalue weighted by Crippen LogP contribution is -2.13. The van der Waals surface area contributed by atoms with Crippen LogP contribution in [0.15, 0.2) is 47.6 Å². The molecule has 0 fully saturated rings. The summed E-state index contributed by atoms with van der Waals surface area (Å²) in [5.74, 6) is -0.642. The average Bonchev–Trinajstić information content (AvgIpc) is 2.38. The van der Waals surface area contributed by atoms with E-state index in [1.54, 1.807) is 0 Å². The van der Waals surface area contributed by atoms with Gasteiger partial charge in [-0.05, 0) is 12.1 Å². The SMILES string of the molecule is O=Cc1ccc(S(=O)(=O)Nc2cncc(F)c2)cc1. The third-order valence-corrected chi connectivity index (χ3v) is 3.68. The van der Waals surface area contributed by atoms with E-state index in [1.807, 2.05) is 0 Å². The van der Waals surface area contributed by atoms with E-state index in [1.165, 1.54) is 30.5 Å². The van der Waals surface area contributed by atoms with Crippen LogP contribution in [0, 0.1) is 5.82 Å².